The van der Waals surface area contributed by atoms with Crippen LogP contribution in [-0.2, 0) is 16.0 Å². The summed E-state index contributed by atoms with van der Waals surface area (Å²) < 4.78 is 17.1. The predicted molar refractivity (Wildman–Crippen MR) is 166 cm³/mol. The zero-order chi connectivity index (χ0) is 30.5. The summed E-state index contributed by atoms with van der Waals surface area (Å²) in [5, 5.41) is 6.11. The molecule has 0 radical (unpaired) electrons. The second kappa shape index (κ2) is 13.2. The summed E-state index contributed by atoms with van der Waals surface area (Å²) in [6, 6.07) is 17.0. The number of ether oxygens (including phenoxy) is 3. The molecule has 9 nitrogen and oxygen atoms in total. The van der Waals surface area contributed by atoms with E-state index in [1.165, 1.54) is 12.5 Å². The predicted octanol–water partition coefficient (Wildman–Crippen LogP) is 4.68. The van der Waals surface area contributed by atoms with Crippen LogP contribution in [0.4, 0.5) is 5.69 Å². The van der Waals surface area contributed by atoms with Crippen LogP contribution in [0.5, 0.6) is 17.2 Å². The molecule has 2 aliphatic rings. The third-order valence-electron chi connectivity index (χ3n) is 8.46. The second-order valence-electron chi connectivity index (χ2n) is 11.0. The van der Waals surface area contributed by atoms with Gasteiger partial charge < -0.3 is 29.7 Å². The van der Waals surface area contributed by atoms with Crippen molar-refractivity contribution >= 4 is 17.5 Å². The fourth-order valence-corrected chi connectivity index (χ4v) is 6.32. The molecule has 43 heavy (non-hydrogen) atoms. The molecule has 0 bridgehead atoms. The van der Waals surface area contributed by atoms with Gasteiger partial charge in [0.2, 0.25) is 23.0 Å². The van der Waals surface area contributed by atoms with Crippen LogP contribution < -0.4 is 30.3 Å². The molecule has 2 amide bonds. The highest BCUT2D eigenvalue weighted by molar-refractivity contribution is 5.84. The van der Waals surface area contributed by atoms with Crippen LogP contribution in [-0.4, -0.2) is 57.7 Å². The minimum atomic E-state index is -0.401. The molecule has 1 heterocycles. The maximum atomic E-state index is 13.5. The highest BCUT2D eigenvalue weighted by Gasteiger charge is 2.30. The second-order valence-corrected chi connectivity index (χ2v) is 11.0. The first-order valence-corrected chi connectivity index (χ1v) is 14.7. The van der Waals surface area contributed by atoms with Gasteiger partial charge in [0, 0.05) is 25.6 Å². The van der Waals surface area contributed by atoms with Gasteiger partial charge in [0.05, 0.1) is 39.6 Å². The van der Waals surface area contributed by atoms with E-state index in [-0.39, 0.29) is 23.8 Å². The fourth-order valence-electron chi connectivity index (χ4n) is 6.32. The van der Waals surface area contributed by atoms with Crippen molar-refractivity contribution in [2.24, 2.45) is 0 Å². The minimum Gasteiger partial charge on any atom is -0.493 e. The van der Waals surface area contributed by atoms with Crippen molar-refractivity contribution < 1.29 is 23.8 Å². The van der Waals surface area contributed by atoms with Crippen molar-refractivity contribution in [3.63, 3.8) is 0 Å². The Kier molecular flexibility index (Phi) is 9.19. The Morgan fingerprint density at radius 2 is 1.63 bits per heavy atom. The van der Waals surface area contributed by atoms with Crippen molar-refractivity contribution in [3.8, 4) is 28.4 Å². The highest BCUT2D eigenvalue weighted by Crippen LogP contribution is 2.50. The molecule has 3 aromatic rings. The van der Waals surface area contributed by atoms with Crippen LogP contribution in [0.15, 0.2) is 59.4 Å². The maximum Gasteiger partial charge on any atom is 0.241 e. The topological polar surface area (TPSA) is 106 Å². The number of hydrogen-bond acceptors (Lipinski definition) is 7. The molecule has 2 N–H and O–H groups in total. The summed E-state index contributed by atoms with van der Waals surface area (Å²) in [6.45, 7) is 2.84. The third kappa shape index (κ3) is 6.30. The molecule has 0 spiro atoms. The average Bonchev–Trinajstić information content (AvgIpc) is 3.27. The summed E-state index contributed by atoms with van der Waals surface area (Å²) in [4.78, 5) is 40.7. The molecule has 1 aliphatic heterocycles. The smallest absolute Gasteiger partial charge is 0.241 e. The molecule has 1 atom stereocenters. The molecule has 1 aliphatic carbocycles. The van der Waals surface area contributed by atoms with Gasteiger partial charge in [-0.25, -0.2) is 0 Å². The number of likely N-dealkylation sites (tertiary alicyclic amines) is 1. The number of amides is 2. The van der Waals surface area contributed by atoms with E-state index in [0.29, 0.717) is 60.3 Å². The van der Waals surface area contributed by atoms with Crippen LogP contribution in [0.2, 0.25) is 0 Å². The number of nitrogens with one attached hydrogen (secondary N) is 2. The summed E-state index contributed by atoms with van der Waals surface area (Å²) >= 11 is 0. The molecule has 0 aromatic heterocycles. The van der Waals surface area contributed by atoms with Gasteiger partial charge in [-0.3, -0.25) is 14.4 Å². The van der Waals surface area contributed by atoms with Gasteiger partial charge in [-0.2, -0.15) is 0 Å². The Balaban J connectivity index is 1.43. The first-order valence-electron chi connectivity index (χ1n) is 14.7. The third-order valence-corrected chi connectivity index (χ3v) is 8.46. The highest BCUT2D eigenvalue weighted by atomic mass is 16.5. The van der Waals surface area contributed by atoms with E-state index in [2.05, 4.69) is 34.9 Å². The molecule has 5 rings (SSSR count). The van der Waals surface area contributed by atoms with E-state index in [0.717, 1.165) is 29.5 Å². The average molecular weight is 586 g/mol. The number of fused-ring (bicyclic) bond motifs is 3. The standard InChI is InChI=1S/C34H39N3O6/c1-21(38)36-27-12-10-24-18-30(41-2)33(42-3)34(43-4)32(24)25-11-13-28(29(39)19-26(25)27)35-20-31(40)37-16-14-23(15-17-37)22-8-6-5-7-9-22/h5-9,11,13,18-19,23,27H,10,12,14-17,20H2,1-4H3,(H,35,39)(H,36,38). The van der Waals surface area contributed by atoms with Gasteiger partial charge in [0.1, 0.15) is 0 Å². The molecule has 9 heteroatoms. The van der Waals surface area contributed by atoms with Gasteiger partial charge in [0.25, 0.3) is 0 Å². The Labute approximate surface area is 252 Å². The first-order chi connectivity index (χ1) is 20.8. The fraction of sp³-hybridized carbons (Fsp3) is 0.382. The van der Waals surface area contributed by atoms with Gasteiger partial charge >= 0.3 is 0 Å². The molecular formula is C34H39N3O6. The number of hydrogen-bond donors (Lipinski definition) is 2. The molecule has 0 saturated carbocycles. The number of carbonyl (C=O) groups is 2. The van der Waals surface area contributed by atoms with Crippen molar-refractivity contribution in [3.05, 3.63) is 81.5 Å². The zero-order valence-corrected chi connectivity index (χ0v) is 25.2. The lowest BCUT2D eigenvalue weighted by atomic mass is 9.89. The molecule has 1 saturated heterocycles. The molecule has 1 unspecified atom stereocenters. The number of rotatable bonds is 8. The van der Waals surface area contributed by atoms with Crippen LogP contribution in [0, 0.1) is 0 Å². The Morgan fingerprint density at radius 1 is 0.907 bits per heavy atom. The number of methoxy groups -OCH3 is 3. The summed E-state index contributed by atoms with van der Waals surface area (Å²) in [5.74, 6) is 1.69. The van der Waals surface area contributed by atoms with E-state index in [1.54, 1.807) is 33.5 Å². The van der Waals surface area contributed by atoms with E-state index in [9.17, 15) is 14.4 Å². The van der Waals surface area contributed by atoms with E-state index >= 15 is 0 Å². The maximum absolute atomic E-state index is 13.5. The van der Waals surface area contributed by atoms with E-state index in [4.69, 9.17) is 14.2 Å². The monoisotopic (exact) mass is 585 g/mol. The van der Waals surface area contributed by atoms with Gasteiger partial charge in [0.15, 0.2) is 11.5 Å². The Hall–Kier alpha value is -4.53. The van der Waals surface area contributed by atoms with Crippen LogP contribution in [0.25, 0.3) is 11.1 Å². The molecule has 1 fully saturated rings. The van der Waals surface area contributed by atoms with E-state index in [1.807, 2.05) is 23.1 Å². The molecule has 3 aromatic carbocycles. The summed E-state index contributed by atoms with van der Waals surface area (Å²) in [5.41, 5.74) is 4.49. The minimum absolute atomic E-state index is 0.0139. The van der Waals surface area contributed by atoms with Crippen molar-refractivity contribution in [2.45, 2.75) is 44.6 Å². The molecule has 226 valence electrons. The molecular weight excluding hydrogens is 546 g/mol. The number of anilines is 1. The van der Waals surface area contributed by atoms with E-state index < -0.39 is 6.04 Å². The normalized spacial score (nSPS) is 16.3. The largest absolute Gasteiger partial charge is 0.493 e. The van der Waals surface area contributed by atoms with Crippen LogP contribution in [0.3, 0.4) is 0 Å². The van der Waals surface area contributed by atoms with Gasteiger partial charge in [-0.05, 0) is 72.1 Å². The lowest BCUT2D eigenvalue weighted by Crippen LogP contribution is -2.41. The van der Waals surface area contributed by atoms with Crippen molar-refractivity contribution in [1.29, 1.82) is 0 Å². The number of piperidine rings is 1. The Morgan fingerprint density at radius 3 is 2.28 bits per heavy atom. The number of carbonyl (C=O) groups excluding carboxylic acids is 2. The van der Waals surface area contributed by atoms with Crippen molar-refractivity contribution in [1.82, 2.24) is 10.2 Å². The number of nitrogens with zero attached hydrogens (tertiary/aromatic N) is 1. The number of aryl methyl sites for hydroxylation is 1. The van der Waals surface area contributed by atoms with Crippen LogP contribution in [0.1, 0.15) is 54.8 Å². The SMILES string of the molecule is COc1cc2c(c(OC)c1OC)-c1ccc(NCC(=O)N3CCC(c4ccccc4)CC3)c(=O)cc1C(NC(C)=O)CC2. The van der Waals surface area contributed by atoms with Gasteiger partial charge in [-0.15, -0.1) is 0 Å². The first kappa shape index (κ1) is 29.9. The lowest BCUT2D eigenvalue weighted by Gasteiger charge is -2.32. The quantitative estimate of drug-likeness (QED) is 0.395. The summed E-state index contributed by atoms with van der Waals surface area (Å²) in [7, 11) is 4.69. The lowest BCUT2D eigenvalue weighted by molar-refractivity contribution is -0.130. The summed E-state index contributed by atoms with van der Waals surface area (Å²) in [6.07, 6.45) is 3.01. The Bertz CT molecular complexity index is 1550. The van der Waals surface area contributed by atoms with Crippen LogP contribution >= 0.6 is 0 Å². The van der Waals surface area contributed by atoms with Crippen molar-refractivity contribution in [2.75, 3.05) is 46.3 Å². The number of benzene rings is 2. The van der Waals surface area contributed by atoms with Gasteiger partial charge in [-0.1, -0.05) is 36.4 Å². The zero-order valence-electron chi connectivity index (χ0n) is 25.2.